The van der Waals surface area contributed by atoms with Gasteiger partial charge in [-0.15, -0.1) is 0 Å². The van der Waals surface area contributed by atoms with Gasteiger partial charge in [0.15, 0.2) is 0 Å². The van der Waals surface area contributed by atoms with Crippen molar-refractivity contribution < 1.29 is 14.4 Å². The summed E-state index contributed by atoms with van der Waals surface area (Å²) in [6.45, 7) is 4.99. The average Bonchev–Trinajstić information content (AvgIpc) is 2.74. The molecule has 0 aliphatic carbocycles. The number of piperazine rings is 1. The summed E-state index contributed by atoms with van der Waals surface area (Å²) in [5, 5.41) is 4.03. The largest absolute Gasteiger partial charge is 0.497 e. The fourth-order valence-electron chi connectivity index (χ4n) is 3.18. The maximum Gasteiger partial charge on any atom is 0.245 e. The first-order valence-corrected chi connectivity index (χ1v) is 9.34. The molecule has 0 unspecified atom stereocenters. The number of para-hydroxylation sites is 1. The van der Waals surface area contributed by atoms with Gasteiger partial charge < -0.3 is 14.5 Å². The molecule has 142 valence electrons. The lowest BCUT2D eigenvalue weighted by Crippen LogP contribution is -3.15. The molecule has 0 bridgehead atoms. The van der Waals surface area contributed by atoms with E-state index < -0.39 is 0 Å². The van der Waals surface area contributed by atoms with Gasteiger partial charge in [-0.1, -0.05) is 18.2 Å². The van der Waals surface area contributed by atoms with Gasteiger partial charge in [-0.05, 0) is 42.0 Å². The third-order valence-corrected chi connectivity index (χ3v) is 4.82. The number of anilines is 1. The highest BCUT2D eigenvalue weighted by Crippen LogP contribution is 2.12. The summed E-state index contributed by atoms with van der Waals surface area (Å²) < 4.78 is 5.11. The highest BCUT2D eigenvalue weighted by atomic mass is 16.5. The van der Waals surface area contributed by atoms with Crippen LogP contribution in [0.2, 0.25) is 0 Å². The Morgan fingerprint density at radius 3 is 2.52 bits per heavy atom. The summed E-state index contributed by atoms with van der Waals surface area (Å²) in [4.78, 5) is 15.9. The van der Waals surface area contributed by atoms with Crippen LogP contribution >= 0.6 is 0 Å². The number of hydrogen-bond donors (Lipinski definition) is 2. The van der Waals surface area contributed by atoms with Crippen LogP contribution in [0.5, 0.6) is 5.75 Å². The zero-order chi connectivity index (χ0) is 18.9. The Hall–Kier alpha value is -2.86. The molecule has 1 fully saturated rings. The summed E-state index contributed by atoms with van der Waals surface area (Å²) in [6, 6.07) is 18.0. The van der Waals surface area contributed by atoms with Crippen molar-refractivity contribution in [2.75, 3.05) is 44.7 Å². The molecule has 1 aliphatic heterocycles. The van der Waals surface area contributed by atoms with E-state index in [1.54, 1.807) is 13.3 Å². The molecule has 2 aromatic rings. The van der Waals surface area contributed by atoms with Gasteiger partial charge in [-0.25, -0.2) is 5.43 Å². The maximum atomic E-state index is 12.0. The van der Waals surface area contributed by atoms with Crippen LogP contribution in [0.1, 0.15) is 12.0 Å². The van der Waals surface area contributed by atoms with Crippen LogP contribution in [0.4, 0.5) is 5.69 Å². The Kier molecular flexibility index (Phi) is 6.82. The number of ether oxygens (including phenoxy) is 1. The molecule has 6 nitrogen and oxygen atoms in total. The second kappa shape index (κ2) is 9.73. The smallest absolute Gasteiger partial charge is 0.245 e. The molecule has 0 radical (unpaired) electrons. The Bertz CT molecular complexity index is 739. The third-order valence-electron chi connectivity index (χ3n) is 4.82. The van der Waals surface area contributed by atoms with E-state index in [-0.39, 0.29) is 5.91 Å². The lowest BCUT2D eigenvalue weighted by Gasteiger charge is -2.33. The van der Waals surface area contributed by atoms with Gasteiger partial charge in [0.1, 0.15) is 5.75 Å². The van der Waals surface area contributed by atoms with Crippen molar-refractivity contribution in [2.45, 2.75) is 6.42 Å². The SMILES string of the molecule is COc1ccc(/C=N\NC(=O)CC[NH+]2CCN(c3ccccc3)CC2)cc1. The molecule has 1 aliphatic rings. The van der Waals surface area contributed by atoms with Gasteiger partial charge in [0.25, 0.3) is 0 Å². The average molecular weight is 367 g/mol. The van der Waals surface area contributed by atoms with Crippen LogP contribution in [-0.2, 0) is 4.79 Å². The first-order valence-electron chi connectivity index (χ1n) is 9.34. The standard InChI is InChI=1S/C21H26N4O2/c1-27-20-9-7-18(8-10-20)17-22-23-21(26)11-12-24-13-15-25(16-14-24)19-5-3-2-4-6-19/h2-10,17H,11-16H2,1H3,(H,23,26)/p+1/b22-17-. The number of amides is 1. The number of quaternary nitrogens is 1. The van der Waals surface area contributed by atoms with E-state index in [4.69, 9.17) is 4.74 Å². The van der Waals surface area contributed by atoms with Gasteiger partial charge in [0.05, 0.1) is 52.5 Å². The number of nitrogens with zero attached hydrogens (tertiary/aromatic N) is 2. The number of nitrogens with one attached hydrogen (secondary N) is 2. The van der Waals surface area contributed by atoms with Crippen molar-refractivity contribution in [3.63, 3.8) is 0 Å². The van der Waals surface area contributed by atoms with Gasteiger partial charge in [-0.3, -0.25) is 4.79 Å². The van der Waals surface area contributed by atoms with Gasteiger partial charge in [0.2, 0.25) is 5.91 Å². The first kappa shape index (κ1) is 18.9. The molecule has 27 heavy (non-hydrogen) atoms. The van der Waals surface area contributed by atoms with E-state index in [0.29, 0.717) is 6.42 Å². The molecular formula is C21H27N4O2+. The van der Waals surface area contributed by atoms with Crippen molar-refractivity contribution in [2.24, 2.45) is 5.10 Å². The van der Waals surface area contributed by atoms with Crippen molar-refractivity contribution in [1.29, 1.82) is 0 Å². The second-order valence-electron chi connectivity index (χ2n) is 6.64. The Balaban J connectivity index is 1.35. The number of carbonyl (C=O) groups excluding carboxylic acids is 1. The molecule has 0 atom stereocenters. The Morgan fingerprint density at radius 1 is 1.15 bits per heavy atom. The fraction of sp³-hybridized carbons (Fsp3) is 0.333. The molecule has 0 aromatic heterocycles. The minimum atomic E-state index is -0.0437. The van der Waals surface area contributed by atoms with E-state index in [1.165, 1.54) is 10.6 Å². The van der Waals surface area contributed by atoms with Crippen molar-refractivity contribution in [3.05, 3.63) is 60.2 Å². The van der Waals surface area contributed by atoms with Gasteiger partial charge >= 0.3 is 0 Å². The number of hydrogen-bond acceptors (Lipinski definition) is 4. The number of carbonyl (C=O) groups is 1. The molecule has 2 N–H and O–H groups in total. The zero-order valence-electron chi connectivity index (χ0n) is 15.7. The van der Waals surface area contributed by atoms with Crippen LogP contribution in [0, 0.1) is 0 Å². The second-order valence-corrected chi connectivity index (χ2v) is 6.64. The summed E-state index contributed by atoms with van der Waals surface area (Å²) >= 11 is 0. The van der Waals surface area contributed by atoms with Crippen molar-refractivity contribution in [3.8, 4) is 5.75 Å². The van der Waals surface area contributed by atoms with Crippen LogP contribution in [0.3, 0.4) is 0 Å². The maximum absolute atomic E-state index is 12.0. The molecule has 0 saturated carbocycles. The molecule has 6 heteroatoms. The van der Waals surface area contributed by atoms with E-state index in [2.05, 4.69) is 39.7 Å². The molecule has 1 saturated heterocycles. The van der Waals surface area contributed by atoms with Crippen molar-refractivity contribution in [1.82, 2.24) is 5.43 Å². The zero-order valence-corrected chi connectivity index (χ0v) is 15.7. The van der Waals surface area contributed by atoms with Gasteiger partial charge in [-0.2, -0.15) is 5.10 Å². The fourth-order valence-corrected chi connectivity index (χ4v) is 3.18. The third kappa shape index (κ3) is 5.82. The van der Waals surface area contributed by atoms with Gasteiger partial charge in [0, 0.05) is 5.69 Å². The highest BCUT2D eigenvalue weighted by molar-refractivity contribution is 5.82. The van der Waals surface area contributed by atoms with E-state index >= 15 is 0 Å². The lowest BCUT2D eigenvalue weighted by atomic mass is 10.2. The lowest BCUT2D eigenvalue weighted by molar-refractivity contribution is -0.900. The summed E-state index contributed by atoms with van der Waals surface area (Å²) in [5.74, 6) is 0.754. The number of rotatable bonds is 7. The Morgan fingerprint density at radius 2 is 1.85 bits per heavy atom. The molecule has 1 heterocycles. The molecule has 3 rings (SSSR count). The topological polar surface area (TPSA) is 58.4 Å². The van der Waals surface area contributed by atoms with Crippen LogP contribution in [0.25, 0.3) is 0 Å². The molecule has 1 amide bonds. The summed E-state index contributed by atoms with van der Waals surface area (Å²) in [7, 11) is 1.63. The van der Waals surface area contributed by atoms with E-state index in [0.717, 1.165) is 44.0 Å². The quantitative estimate of drug-likeness (QED) is 0.566. The Labute approximate surface area is 160 Å². The van der Waals surface area contributed by atoms with E-state index in [9.17, 15) is 4.79 Å². The number of benzene rings is 2. The minimum Gasteiger partial charge on any atom is -0.497 e. The molecule has 0 spiro atoms. The summed E-state index contributed by atoms with van der Waals surface area (Å²) in [6.07, 6.45) is 2.13. The van der Waals surface area contributed by atoms with Crippen LogP contribution in [0.15, 0.2) is 59.7 Å². The normalized spacial score (nSPS) is 15.1. The number of hydrazone groups is 1. The molecule has 2 aromatic carbocycles. The summed E-state index contributed by atoms with van der Waals surface area (Å²) in [5.41, 5.74) is 4.80. The highest BCUT2D eigenvalue weighted by Gasteiger charge is 2.20. The monoisotopic (exact) mass is 367 g/mol. The predicted octanol–water partition coefficient (Wildman–Crippen LogP) is 0.941. The number of methoxy groups -OCH3 is 1. The van der Waals surface area contributed by atoms with Crippen LogP contribution in [-0.4, -0.2) is 52.0 Å². The van der Waals surface area contributed by atoms with E-state index in [1.807, 2.05) is 30.3 Å². The first-order chi connectivity index (χ1) is 13.2. The van der Waals surface area contributed by atoms with Crippen LogP contribution < -0.4 is 20.0 Å². The minimum absolute atomic E-state index is 0.0437. The van der Waals surface area contributed by atoms with Crippen molar-refractivity contribution >= 4 is 17.8 Å². The molecular weight excluding hydrogens is 340 g/mol. The predicted molar refractivity (Wildman–Crippen MR) is 108 cm³/mol.